The van der Waals surface area contributed by atoms with Gasteiger partial charge in [0.05, 0.1) is 11.0 Å². The summed E-state index contributed by atoms with van der Waals surface area (Å²) in [5.74, 6) is -0.352. The quantitative estimate of drug-likeness (QED) is 0.248. The van der Waals surface area contributed by atoms with E-state index in [0.717, 1.165) is 6.07 Å². The molecule has 1 rings (SSSR count). The van der Waals surface area contributed by atoms with Crippen molar-refractivity contribution in [3.05, 3.63) is 26.7 Å². The van der Waals surface area contributed by atoms with E-state index in [0.29, 0.717) is 0 Å². The summed E-state index contributed by atoms with van der Waals surface area (Å²) in [6.07, 6.45) is 0. The summed E-state index contributed by atoms with van der Waals surface area (Å²) in [4.78, 5) is 22.6. The number of nitrogens with zero attached hydrogens (tertiary/aromatic N) is 2. The van der Waals surface area contributed by atoms with Gasteiger partial charge in [-0.25, -0.2) is 4.99 Å². The molecule has 1 aromatic rings. The molecule has 0 bridgehead atoms. The second kappa shape index (κ2) is 3.82. The number of rotatable bonds is 3. The van der Waals surface area contributed by atoms with Crippen LogP contribution in [0.25, 0.3) is 0 Å². The summed E-state index contributed by atoms with van der Waals surface area (Å²) in [6, 6.07) is 0.942. The first-order valence-electron chi connectivity index (χ1n) is 3.90. The summed E-state index contributed by atoms with van der Waals surface area (Å²) in [5.41, 5.74) is -0.591. The maximum absolute atomic E-state index is 10.6. The monoisotopic (exact) mass is 210 g/mol. The van der Waals surface area contributed by atoms with E-state index >= 15 is 0 Å². The van der Waals surface area contributed by atoms with E-state index in [1.807, 2.05) is 0 Å². The lowest BCUT2D eigenvalue weighted by Crippen LogP contribution is -2.58. The second-order valence-electron chi connectivity index (χ2n) is 2.79. The first kappa shape index (κ1) is 10.8. The van der Waals surface area contributed by atoms with E-state index in [1.165, 1.54) is 6.92 Å². The van der Waals surface area contributed by atoms with E-state index in [-0.39, 0.29) is 22.7 Å². The van der Waals surface area contributed by atoms with Gasteiger partial charge in [-0.3, -0.25) is 10.1 Å². The highest BCUT2D eigenvalue weighted by molar-refractivity contribution is 5.75. The average Bonchev–Trinajstić information content (AvgIpc) is 2.20. The summed E-state index contributed by atoms with van der Waals surface area (Å²) >= 11 is 0. The van der Waals surface area contributed by atoms with E-state index in [4.69, 9.17) is 0 Å². The molecule has 0 aliphatic carbocycles. The summed E-state index contributed by atoms with van der Waals surface area (Å²) in [5, 5.41) is 22.6. The summed E-state index contributed by atoms with van der Waals surface area (Å²) in [6.45, 7) is 4.67. The highest BCUT2D eigenvalue weighted by Gasteiger charge is 2.27. The fourth-order valence-corrected chi connectivity index (χ4v) is 1.17. The Balaban J connectivity index is 3.69. The third-order valence-corrected chi connectivity index (χ3v) is 1.97. The smallest absolute Gasteiger partial charge is 0.346 e. The molecular formula is C8H8N3O4+. The van der Waals surface area contributed by atoms with Gasteiger partial charge in [-0.1, -0.05) is 0 Å². The lowest BCUT2D eigenvalue weighted by atomic mass is 10.1. The summed E-state index contributed by atoms with van der Waals surface area (Å²) in [7, 11) is 0. The van der Waals surface area contributed by atoms with Crippen molar-refractivity contribution in [1.82, 2.24) is 0 Å². The van der Waals surface area contributed by atoms with Gasteiger partial charge in [0, 0.05) is 5.56 Å². The third-order valence-electron chi connectivity index (χ3n) is 1.97. The molecular weight excluding hydrogens is 202 g/mol. The topological polar surface area (TPSA) is 107 Å². The number of hydrogen-bond acceptors (Lipinski definition) is 5. The third kappa shape index (κ3) is 1.66. The van der Waals surface area contributed by atoms with Crippen LogP contribution in [-0.2, 0) is 0 Å². The van der Waals surface area contributed by atoms with Crippen LogP contribution >= 0.6 is 0 Å². The van der Waals surface area contributed by atoms with Crippen molar-refractivity contribution in [3.8, 4) is 5.75 Å². The number of hydrogen-bond donors (Lipinski definition) is 2. The zero-order valence-electron chi connectivity index (χ0n) is 7.85. The van der Waals surface area contributed by atoms with Crippen LogP contribution in [-0.4, -0.2) is 16.7 Å². The fraction of sp³-hybridized carbons (Fsp3) is 0.125. The lowest BCUT2D eigenvalue weighted by Gasteiger charge is -2.01. The number of nitro benzene ring substituents is 1. The Morgan fingerprint density at radius 2 is 2.27 bits per heavy atom. The van der Waals surface area contributed by atoms with Gasteiger partial charge in [0.15, 0.2) is 5.69 Å². The number of nitro groups is 1. The van der Waals surface area contributed by atoms with E-state index in [2.05, 4.69) is 16.9 Å². The lowest BCUT2D eigenvalue weighted by molar-refractivity contribution is -0.407. The fourth-order valence-electron chi connectivity index (χ4n) is 1.17. The first-order chi connectivity index (χ1) is 7.02. The number of phenolic OH excluding ortho intramolecular Hbond substituents is 1. The van der Waals surface area contributed by atoms with E-state index in [9.17, 15) is 20.1 Å². The van der Waals surface area contributed by atoms with Gasteiger partial charge < -0.3 is 5.11 Å². The Bertz CT molecular complexity index is 456. The van der Waals surface area contributed by atoms with Gasteiger partial charge >= 0.3 is 11.4 Å². The van der Waals surface area contributed by atoms with Crippen molar-refractivity contribution in [2.75, 3.05) is 0 Å². The van der Waals surface area contributed by atoms with Crippen LogP contribution in [0.2, 0.25) is 0 Å². The van der Waals surface area contributed by atoms with Crippen LogP contribution in [0.1, 0.15) is 5.56 Å². The Hall–Kier alpha value is -2.31. The van der Waals surface area contributed by atoms with Gasteiger partial charge in [-0.15, -0.1) is 4.91 Å². The Kier molecular flexibility index (Phi) is 2.75. The molecule has 15 heavy (non-hydrogen) atoms. The van der Waals surface area contributed by atoms with Crippen molar-refractivity contribution < 1.29 is 15.0 Å². The normalized spacial score (nSPS) is 9.67. The Morgan fingerprint density at radius 3 is 2.67 bits per heavy atom. The van der Waals surface area contributed by atoms with Gasteiger partial charge in [0.25, 0.3) is 0 Å². The number of benzene rings is 1. The standard InChI is InChI=1S/C8H7N3O4/c1-4-6(12)3-5(11(14)15)8(9-2)7(4)10-13/h3,12H,2H2,1H3/p+1. The molecule has 0 saturated heterocycles. The van der Waals surface area contributed by atoms with E-state index in [1.54, 1.807) is 0 Å². The molecule has 0 aliphatic heterocycles. The van der Waals surface area contributed by atoms with Crippen LogP contribution in [0.15, 0.2) is 11.2 Å². The predicted octanol–water partition coefficient (Wildman–Crippen LogP) is 0.419. The molecule has 0 atom stereocenters. The second-order valence-corrected chi connectivity index (χ2v) is 2.79. The number of nitroso groups, excluding NO2 is 1. The molecule has 2 N–H and O–H groups in total. The summed E-state index contributed by atoms with van der Waals surface area (Å²) < 4.78 is 0. The molecule has 0 spiro atoms. The molecule has 78 valence electrons. The van der Waals surface area contributed by atoms with Crippen molar-refractivity contribution >= 4 is 23.8 Å². The molecule has 0 radical (unpaired) electrons. The molecule has 0 amide bonds. The molecule has 7 heteroatoms. The van der Waals surface area contributed by atoms with Crippen molar-refractivity contribution in [2.45, 2.75) is 6.92 Å². The van der Waals surface area contributed by atoms with Crippen LogP contribution in [0.3, 0.4) is 0 Å². The maximum atomic E-state index is 10.6. The van der Waals surface area contributed by atoms with Crippen molar-refractivity contribution in [3.63, 3.8) is 0 Å². The molecule has 0 aromatic heterocycles. The van der Waals surface area contributed by atoms with Crippen molar-refractivity contribution in [2.24, 2.45) is 5.18 Å². The number of aromatic hydroxyl groups is 1. The van der Waals surface area contributed by atoms with Crippen LogP contribution < -0.4 is 4.99 Å². The molecule has 0 aliphatic rings. The molecule has 1 aromatic carbocycles. The molecule has 0 heterocycles. The van der Waals surface area contributed by atoms with Gasteiger partial charge in [0.1, 0.15) is 12.5 Å². The maximum Gasteiger partial charge on any atom is 0.346 e. The highest BCUT2D eigenvalue weighted by Crippen LogP contribution is 2.38. The minimum atomic E-state index is -0.735. The average molecular weight is 210 g/mol. The zero-order valence-corrected chi connectivity index (χ0v) is 7.85. The molecule has 7 nitrogen and oxygen atoms in total. The Morgan fingerprint density at radius 1 is 1.67 bits per heavy atom. The minimum Gasteiger partial charge on any atom is -0.507 e. The van der Waals surface area contributed by atoms with Crippen LogP contribution in [0, 0.1) is 21.9 Å². The molecule has 0 fully saturated rings. The highest BCUT2D eigenvalue weighted by atomic mass is 16.6. The molecule has 0 unspecified atom stereocenters. The number of phenols is 1. The largest absolute Gasteiger partial charge is 0.507 e. The van der Waals surface area contributed by atoms with Crippen molar-refractivity contribution in [1.29, 1.82) is 0 Å². The minimum absolute atomic E-state index is 0.106. The van der Waals surface area contributed by atoms with Crippen LogP contribution in [0.4, 0.5) is 17.1 Å². The predicted molar refractivity (Wildman–Crippen MR) is 52.7 cm³/mol. The zero-order chi connectivity index (χ0) is 11.6. The molecule has 0 saturated carbocycles. The first-order valence-corrected chi connectivity index (χ1v) is 3.90. The number of nitrogens with one attached hydrogen (secondary N) is 1. The SMILES string of the molecule is C=[NH+]c1c([N+](=O)[O-])cc(O)c(C)c1N=O. The van der Waals surface area contributed by atoms with E-state index < -0.39 is 10.6 Å². The Labute approximate surface area is 84.2 Å². The van der Waals surface area contributed by atoms with Gasteiger partial charge in [-0.05, 0) is 12.1 Å². The van der Waals surface area contributed by atoms with Gasteiger partial charge in [-0.2, -0.15) is 0 Å². The van der Waals surface area contributed by atoms with Gasteiger partial charge in [0.2, 0.25) is 0 Å². The van der Waals surface area contributed by atoms with Crippen LogP contribution in [0.5, 0.6) is 5.75 Å².